The first-order valence-corrected chi connectivity index (χ1v) is 7.89. The van der Waals surface area contributed by atoms with E-state index in [0.717, 1.165) is 26.9 Å². The molecular weight excluding hydrogens is 292 g/mol. The van der Waals surface area contributed by atoms with Gasteiger partial charge >= 0.3 is 0 Å². The third kappa shape index (κ3) is 2.19. The Bertz CT molecular complexity index is 933. The second-order valence-corrected chi connectivity index (χ2v) is 6.31. The summed E-state index contributed by atoms with van der Waals surface area (Å²) in [5.41, 5.74) is 4.60. The topological polar surface area (TPSA) is 43.1 Å². The zero-order chi connectivity index (χ0) is 15.1. The molecule has 0 radical (unpaired) electrons. The fourth-order valence-corrected chi connectivity index (χ4v) is 3.16. The van der Waals surface area contributed by atoms with Gasteiger partial charge in [0.25, 0.3) is 0 Å². The fraction of sp³-hybridized carbons (Fsp3) is 0.118. The zero-order valence-corrected chi connectivity index (χ0v) is 13.1. The molecule has 0 aliphatic carbocycles. The molecule has 0 unspecified atom stereocenters. The number of aryl methyl sites for hydroxylation is 2. The summed E-state index contributed by atoms with van der Waals surface area (Å²) >= 11 is 1.55. The summed E-state index contributed by atoms with van der Waals surface area (Å²) in [5, 5.41) is 14.2. The van der Waals surface area contributed by atoms with Crippen LogP contribution < -0.4 is 0 Å². The lowest BCUT2D eigenvalue weighted by atomic mass is 10.1. The van der Waals surface area contributed by atoms with Gasteiger partial charge in [0, 0.05) is 11.1 Å². The fourth-order valence-electron chi connectivity index (χ4n) is 2.31. The molecule has 0 saturated carbocycles. The van der Waals surface area contributed by atoms with E-state index in [9.17, 15) is 0 Å². The van der Waals surface area contributed by atoms with Gasteiger partial charge in [-0.05, 0) is 13.8 Å². The summed E-state index contributed by atoms with van der Waals surface area (Å²) in [6.07, 6.45) is 0. The van der Waals surface area contributed by atoms with Crippen molar-refractivity contribution in [2.75, 3.05) is 0 Å². The minimum atomic E-state index is 0.782. The van der Waals surface area contributed by atoms with Crippen molar-refractivity contribution < 1.29 is 0 Å². The van der Waals surface area contributed by atoms with Gasteiger partial charge in [-0.25, -0.2) is 0 Å². The van der Waals surface area contributed by atoms with Gasteiger partial charge in [-0.15, -0.1) is 10.2 Å². The van der Waals surface area contributed by atoms with Crippen LogP contribution in [0, 0.1) is 13.8 Å². The Kier molecular flexibility index (Phi) is 3.01. The van der Waals surface area contributed by atoms with Gasteiger partial charge in [0.05, 0.1) is 0 Å². The summed E-state index contributed by atoms with van der Waals surface area (Å²) in [7, 11) is 0. The summed E-state index contributed by atoms with van der Waals surface area (Å²) in [4.78, 5) is 0.811. The Morgan fingerprint density at radius 1 is 0.773 bits per heavy atom. The first-order valence-electron chi connectivity index (χ1n) is 7.07. The van der Waals surface area contributed by atoms with E-state index in [1.807, 2.05) is 4.52 Å². The van der Waals surface area contributed by atoms with Crippen LogP contribution >= 0.6 is 11.3 Å². The van der Waals surface area contributed by atoms with Crippen molar-refractivity contribution in [2.45, 2.75) is 13.8 Å². The van der Waals surface area contributed by atoms with Gasteiger partial charge in [-0.1, -0.05) is 71.0 Å². The molecule has 4 rings (SSSR count). The lowest BCUT2D eigenvalue weighted by Crippen LogP contribution is -1.91. The SMILES string of the molecule is Cc1ccc(-c2nn3c(-c4ccc(C)cc4)nnc3s2)cc1. The van der Waals surface area contributed by atoms with E-state index >= 15 is 0 Å². The molecular formula is C17H14N4S. The lowest BCUT2D eigenvalue weighted by Gasteiger charge is -1.98. The second-order valence-electron chi connectivity index (χ2n) is 5.36. The van der Waals surface area contributed by atoms with Crippen LogP contribution in [0.25, 0.3) is 26.9 Å². The van der Waals surface area contributed by atoms with Crippen molar-refractivity contribution in [1.82, 2.24) is 19.8 Å². The van der Waals surface area contributed by atoms with Crippen LogP contribution in [0.4, 0.5) is 0 Å². The molecule has 108 valence electrons. The average Bonchev–Trinajstić information content (AvgIpc) is 3.09. The van der Waals surface area contributed by atoms with Crippen molar-refractivity contribution in [1.29, 1.82) is 0 Å². The van der Waals surface area contributed by atoms with Crippen LogP contribution in [-0.4, -0.2) is 19.8 Å². The highest BCUT2D eigenvalue weighted by molar-refractivity contribution is 7.19. The van der Waals surface area contributed by atoms with Crippen molar-refractivity contribution in [3.8, 4) is 22.0 Å². The predicted octanol–water partition coefficient (Wildman–Crippen LogP) is 4.14. The van der Waals surface area contributed by atoms with Crippen LogP contribution in [0.3, 0.4) is 0 Å². The lowest BCUT2D eigenvalue weighted by molar-refractivity contribution is 0.970. The van der Waals surface area contributed by atoms with Crippen LogP contribution in [0.5, 0.6) is 0 Å². The normalized spacial score (nSPS) is 11.2. The standard InChI is InChI=1S/C17H14N4S/c1-11-3-7-13(8-4-11)15-18-19-17-21(15)20-16(22-17)14-9-5-12(2)6-10-14/h3-10H,1-2H3. The van der Waals surface area contributed by atoms with E-state index in [2.05, 4.69) is 77.7 Å². The largest absolute Gasteiger partial charge is 0.235 e. The van der Waals surface area contributed by atoms with Crippen molar-refractivity contribution in [3.05, 3.63) is 59.7 Å². The van der Waals surface area contributed by atoms with Gasteiger partial charge in [0.15, 0.2) is 5.82 Å². The third-order valence-electron chi connectivity index (χ3n) is 3.60. The molecule has 2 aromatic heterocycles. The number of rotatable bonds is 2. The zero-order valence-electron chi connectivity index (χ0n) is 12.3. The Labute approximate surface area is 132 Å². The van der Waals surface area contributed by atoms with Crippen molar-refractivity contribution >= 4 is 16.3 Å². The molecule has 0 N–H and O–H groups in total. The predicted molar refractivity (Wildman–Crippen MR) is 89.0 cm³/mol. The number of hydrogen-bond donors (Lipinski definition) is 0. The number of fused-ring (bicyclic) bond motifs is 1. The molecule has 2 heterocycles. The van der Waals surface area contributed by atoms with Gasteiger partial charge < -0.3 is 0 Å². The molecule has 0 atom stereocenters. The van der Waals surface area contributed by atoms with Gasteiger partial charge in [0.2, 0.25) is 4.96 Å². The van der Waals surface area contributed by atoms with Crippen LogP contribution in [0.15, 0.2) is 48.5 Å². The van der Waals surface area contributed by atoms with Gasteiger partial charge in [-0.2, -0.15) is 9.61 Å². The maximum Gasteiger partial charge on any atom is 0.235 e. The third-order valence-corrected chi connectivity index (χ3v) is 4.55. The molecule has 22 heavy (non-hydrogen) atoms. The molecule has 0 aliphatic rings. The summed E-state index contributed by atoms with van der Waals surface area (Å²) in [5.74, 6) is 0.782. The van der Waals surface area contributed by atoms with Gasteiger partial charge in [-0.3, -0.25) is 0 Å². The summed E-state index contributed by atoms with van der Waals surface area (Å²) < 4.78 is 1.82. The molecule has 4 nitrogen and oxygen atoms in total. The first kappa shape index (κ1) is 13.2. The highest BCUT2D eigenvalue weighted by atomic mass is 32.1. The highest BCUT2D eigenvalue weighted by Crippen LogP contribution is 2.28. The minimum absolute atomic E-state index is 0.782. The Balaban J connectivity index is 1.82. The highest BCUT2D eigenvalue weighted by Gasteiger charge is 2.14. The minimum Gasteiger partial charge on any atom is -0.182 e. The maximum absolute atomic E-state index is 4.68. The van der Waals surface area contributed by atoms with Crippen LogP contribution in [0.2, 0.25) is 0 Å². The molecule has 5 heteroatoms. The van der Waals surface area contributed by atoms with E-state index in [4.69, 9.17) is 0 Å². The number of aromatic nitrogens is 4. The summed E-state index contributed by atoms with van der Waals surface area (Å²) in [6.45, 7) is 4.15. The van der Waals surface area contributed by atoms with Crippen molar-refractivity contribution in [2.24, 2.45) is 0 Å². The molecule has 0 bridgehead atoms. The molecule has 0 aliphatic heterocycles. The van der Waals surface area contributed by atoms with E-state index in [-0.39, 0.29) is 0 Å². The molecule has 2 aromatic carbocycles. The van der Waals surface area contributed by atoms with Gasteiger partial charge in [0.1, 0.15) is 5.01 Å². The quantitative estimate of drug-likeness (QED) is 0.559. The smallest absolute Gasteiger partial charge is 0.182 e. The molecule has 0 fully saturated rings. The van der Waals surface area contributed by atoms with E-state index in [1.54, 1.807) is 11.3 Å². The second kappa shape index (κ2) is 5.03. The Morgan fingerprint density at radius 3 is 2.00 bits per heavy atom. The molecule has 0 amide bonds. The van der Waals surface area contributed by atoms with Crippen LogP contribution in [-0.2, 0) is 0 Å². The number of benzene rings is 2. The monoisotopic (exact) mass is 306 g/mol. The van der Waals surface area contributed by atoms with Crippen LogP contribution in [0.1, 0.15) is 11.1 Å². The van der Waals surface area contributed by atoms with E-state index in [1.165, 1.54) is 11.1 Å². The molecule has 0 saturated heterocycles. The Hall–Kier alpha value is -2.53. The average molecular weight is 306 g/mol. The van der Waals surface area contributed by atoms with E-state index in [0.29, 0.717) is 0 Å². The Morgan fingerprint density at radius 2 is 1.36 bits per heavy atom. The van der Waals surface area contributed by atoms with Crippen molar-refractivity contribution in [3.63, 3.8) is 0 Å². The summed E-state index contributed by atoms with van der Waals surface area (Å²) in [6, 6.07) is 16.6. The molecule has 0 spiro atoms. The maximum atomic E-state index is 4.68. The van der Waals surface area contributed by atoms with E-state index < -0.39 is 0 Å². The number of hydrogen-bond acceptors (Lipinski definition) is 4. The molecule has 4 aromatic rings. The first-order chi connectivity index (χ1) is 10.7. The number of nitrogens with zero attached hydrogens (tertiary/aromatic N) is 4.